The van der Waals surface area contributed by atoms with E-state index in [1.165, 1.54) is 77.0 Å². The molecule has 1 atom stereocenters. The minimum absolute atomic E-state index is 0.000395. The van der Waals surface area contributed by atoms with E-state index in [2.05, 4.69) is 13.8 Å². The van der Waals surface area contributed by atoms with Crippen LogP contribution in [0, 0.1) is 5.92 Å². The van der Waals surface area contributed by atoms with E-state index in [9.17, 15) is 0 Å². The maximum absolute atomic E-state index is 5.19. The summed E-state index contributed by atoms with van der Waals surface area (Å²) < 4.78 is 10.4. The van der Waals surface area contributed by atoms with Crippen molar-refractivity contribution in [2.75, 3.05) is 14.2 Å². The van der Waals surface area contributed by atoms with Gasteiger partial charge < -0.3 is 9.47 Å². The Balaban J connectivity index is 3.09. The molecule has 21 heavy (non-hydrogen) atoms. The summed E-state index contributed by atoms with van der Waals surface area (Å²) in [5.74, 6) is 0.931. The summed E-state index contributed by atoms with van der Waals surface area (Å²) in [6, 6.07) is 0. The molecule has 1 unspecified atom stereocenters. The SMILES string of the molecule is CCC(C)CCCCCCCCCCCCC(OC)OC. The molecule has 0 aromatic rings. The summed E-state index contributed by atoms with van der Waals surface area (Å²) in [6.07, 6.45) is 17.7. The van der Waals surface area contributed by atoms with E-state index < -0.39 is 0 Å². The van der Waals surface area contributed by atoms with Crippen LogP contribution >= 0.6 is 0 Å². The Labute approximate surface area is 134 Å². The van der Waals surface area contributed by atoms with Crippen molar-refractivity contribution in [2.24, 2.45) is 5.92 Å². The van der Waals surface area contributed by atoms with E-state index in [1.54, 1.807) is 14.2 Å². The van der Waals surface area contributed by atoms with Crippen molar-refractivity contribution in [1.29, 1.82) is 0 Å². The Morgan fingerprint density at radius 3 is 1.38 bits per heavy atom. The van der Waals surface area contributed by atoms with E-state index in [0.29, 0.717) is 0 Å². The van der Waals surface area contributed by atoms with Crippen LogP contribution in [0.25, 0.3) is 0 Å². The van der Waals surface area contributed by atoms with Crippen LogP contribution in [-0.2, 0) is 9.47 Å². The number of hydrogen-bond donors (Lipinski definition) is 0. The van der Waals surface area contributed by atoms with Gasteiger partial charge in [0.2, 0.25) is 0 Å². The minimum Gasteiger partial charge on any atom is -0.356 e. The highest BCUT2D eigenvalue weighted by molar-refractivity contribution is 4.52. The van der Waals surface area contributed by atoms with Gasteiger partial charge in [0.1, 0.15) is 0 Å². The summed E-state index contributed by atoms with van der Waals surface area (Å²) in [5.41, 5.74) is 0. The molecule has 0 bridgehead atoms. The third kappa shape index (κ3) is 14.6. The Morgan fingerprint density at radius 2 is 1.00 bits per heavy atom. The van der Waals surface area contributed by atoms with E-state index in [1.807, 2.05) is 0 Å². The zero-order valence-corrected chi connectivity index (χ0v) is 15.2. The van der Waals surface area contributed by atoms with Crippen LogP contribution in [0.1, 0.15) is 97.3 Å². The Kier molecular flexibility index (Phi) is 16.2. The zero-order chi connectivity index (χ0) is 15.8. The van der Waals surface area contributed by atoms with Gasteiger partial charge in [-0.3, -0.25) is 0 Å². The second kappa shape index (κ2) is 16.3. The number of methoxy groups -OCH3 is 2. The molecule has 2 nitrogen and oxygen atoms in total. The van der Waals surface area contributed by atoms with Gasteiger partial charge in [0, 0.05) is 14.2 Å². The summed E-state index contributed by atoms with van der Waals surface area (Å²) in [6.45, 7) is 4.68. The topological polar surface area (TPSA) is 18.5 Å². The molecule has 0 amide bonds. The fourth-order valence-electron chi connectivity index (χ4n) is 2.75. The average Bonchev–Trinajstić information content (AvgIpc) is 2.51. The molecule has 0 radical (unpaired) electrons. The normalized spacial score (nSPS) is 13.0. The predicted octanol–water partition coefficient (Wildman–Crippen LogP) is 6.33. The maximum Gasteiger partial charge on any atom is 0.156 e. The van der Waals surface area contributed by atoms with Crippen molar-refractivity contribution >= 4 is 0 Å². The highest BCUT2D eigenvalue weighted by atomic mass is 16.7. The molecular weight excluding hydrogens is 260 g/mol. The molecule has 2 heteroatoms. The molecule has 0 aromatic carbocycles. The summed E-state index contributed by atoms with van der Waals surface area (Å²) in [4.78, 5) is 0. The molecule has 0 heterocycles. The van der Waals surface area contributed by atoms with Gasteiger partial charge in [-0.25, -0.2) is 0 Å². The fourth-order valence-corrected chi connectivity index (χ4v) is 2.75. The first-order chi connectivity index (χ1) is 10.2. The largest absolute Gasteiger partial charge is 0.356 e. The number of unbranched alkanes of at least 4 members (excludes halogenated alkanes) is 9. The zero-order valence-electron chi connectivity index (χ0n) is 15.2. The van der Waals surface area contributed by atoms with Crippen LogP contribution in [0.5, 0.6) is 0 Å². The average molecular weight is 301 g/mol. The lowest BCUT2D eigenvalue weighted by Crippen LogP contribution is -2.12. The lowest BCUT2D eigenvalue weighted by Gasteiger charge is -2.12. The number of rotatable bonds is 16. The Morgan fingerprint density at radius 1 is 0.619 bits per heavy atom. The van der Waals surface area contributed by atoms with E-state index in [4.69, 9.17) is 9.47 Å². The molecule has 0 aliphatic carbocycles. The highest BCUT2D eigenvalue weighted by Gasteiger charge is 2.03. The molecule has 0 N–H and O–H groups in total. The van der Waals surface area contributed by atoms with Gasteiger partial charge in [-0.05, 0) is 18.8 Å². The fraction of sp³-hybridized carbons (Fsp3) is 1.00. The first-order valence-electron chi connectivity index (χ1n) is 9.30. The summed E-state index contributed by atoms with van der Waals surface area (Å²) in [5, 5.41) is 0. The smallest absolute Gasteiger partial charge is 0.156 e. The summed E-state index contributed by atoms with van der Waals surface area (Å²) in [7, 11) is 3.44. The molecule has 0 fully saturated rings. The van der Waals surface area contributed by atoms with E-state index in [0.717, 1.165) is 12.3 Å². The van der Waals surface area contributed by atoms with Crippen molar-refractivity contribution in [2.45, 2.75) is 104 Å². The van der Waals surface area contributed by atoms with Crippen molar-refractivity contribution in [1.82, 2.24) is 0 Å². The van der Waals surface area contributed by atoms with E-state index in [-0.39, 0.29) is 6.29 Å². The molecule has 0 aromatic heterocycles. The second-order valence-corrected chi connectivity index (χ2v) is 6.53. The molecule has 0 rings (SSSR count). The van der Waals surface area contributed by atoms with Gasteiger partial charge >= 0.3 is 0 Å². The third-order valence-electron chi connectivity index (χ3n) is 4.61. The van der Waals surface area contributed by atoms with Crippen molar-refractivity contribution in [3.05, 3.63) is 0 Å². The number of hydrogen-bond acceptors (Lipinski definition) is 2. The van der Waals surface area contributed by atoms with Gasteiger partial charge in [0.25, 0.3) is 0 Å². The molecule has 0 saturated heterocycles. The monoisotopic (exact) mass is 300 g/mol. The Bertz CT molecular complexity index is 190. The standard InChI is InChI=1S/C19H40O2/c1-5-18(2)16-14-12-10-8-6-7-9-11-13-15-17-19(20-3)21-4/h18-19H,5-17H2,1-4H3. The first kappa shape index (κ1) is 20.9. The summed E-state index contributed by atoms with van der Waals surface area (Å²) >= 11 is 0. The Hall–Kier alpha value is -0.0800. The van der Waals surface area contributed by atoms with Gasteiger partial charge in [0.05, 0.1) is 0 Å². The van der Waals surface area contributed by atoms with Crippen molar-refractivity contribution in [3.8, 4) is 0 Å². The van der Waals surface area contributed by atoms with Gasteiger partial charge in [0.15, 0.2) is 6.29 Å². The third-order valence-corrected chi connectivity index (χ3v) is 4.61. The van der Waals surface area contributed by atoms with Crippen molar-refractivity contribution in [3.63, 3.8) is 0 Å². The first-order valence-corrected chi connectivity index (χ1v) is 9.30. The van der Waals surface area contributed by atoms with Gasteiger partial charge in [-0.1, -0.05) is 84.5 Å². The van der Waals surface area contributed by atoms with Crippen LogP contribution < -0.4 is 0 Å². The molecule has 0 saturated carbocycles. The van der Waals surface area contributed by atoms with Gasteiger partial charge in [-0.2, -0.15) is 0 Å². The maximum atomic E-state index is 5.19. The minimum atomic E-state index is 0.000395. The highest BCUT2D eigenvalue weighted by Crippen LogP contribution is 2.15. The molecule has 128 valence electrons. The molecule has 0 spiro atoms. The second-order valence-electron chi connectivity index (χ2n) is 6.53. The quantitative estimate of drug-likeness (QED) is 0.245. The van der Waals surface area contributed by atoms with Crippen molar-refractivity contribution < 1.29 is 9.47 Å². The predicted molar refractivity (Wildman–Crippen MR) is 92.7 cm³/mol. The lowest BCUT2D eigenvalue weighted by atomic mass is 9.99. The van der Waals surface area contributed by atoms with Crippen LogP contribution in [0.3, 0.4) is 0 Å². The van der Waals surface area contributed by atoms with Gasteiger partial charge in [-0.15, -0.1) is 0 Å². The van der Waals surface area contributed by atoms with Crippen LogP contribution in [0.2, 0.25) is 0 Å². The molecular formula is C19H40O2. The lowest BCUT2D eigenvalue weighted by molar-refractivity contribution is -0.107. The van der Waals surface area contributed by atoms with Crippen LogP contribution in [0.15, 0.2) is 0 Å². The van der Waals surface area contributed by atoms with Crippen LogP contribution in [-0.4, -0.2) is 20.5 Å². The molecule has 0 aliphatic rings. The number of ether oxygens (including phenoxy) is 2. The molecule has 0 aliphatic heterocycles. The van der Waals surface area contributed by atoms with E-state index >= 15 is 0 Å². The van der Waals surface area contributed by atoms with Crippen LogP contribution in [0.4, 0.5) is 0 Å².